The highest BCUT2D eigenvalue weighted by atomic mass is 79.9. The Morgan fingerprint density at radius 3 is 2.35 bits per heavy atom. The first-order valence-corrected chi connectivity index (χ1v) is 7.65. The van der Waals surface area contributed by atoms with Crippen molar-refractivity contribution >= 4 is 38.9 Å². The molecule has 1 aromatic heterocycles. The predicted octanol–water partition coefficient (Wildman–Crippen LogP) is 4.60. The summed E-state index contributed by atoms with van der Waals surface area (Å²) in [7, 11) is 0. The first-order valence-electron chi connectivity index (χ1n) is 6.85. The lowest BCUT2D eigenvalue weighted by Crippen LogP contribution is -1.99. The fourth-order valence-corrected chi connectivity index (χ4v) is 2.27. The van der Waals surface area contributed by atoms with Crippen molar-refractivity contribution in [2.75, 3.05) is 10.6 Å². The Hall–Kier alpha value is -2.91. The molecule has 0 spiro atoms. The number of nitriles is 1. The molecule has 0 fully saturated rings. The maximum absolute atomic E-state index is 9.13. The zero-order valence-electron chi connectivity index (χ0n) is 12.0. The van der Waals surface area contributed by atoms with Gasteiger partial charge >= 0.3 is 0 Å². The van der Waals surface area contributed by atoms with Crippen LogP contribution in [0.25, 0.3) is 0 Å². The zero-order valence-corrected chi connectivity index (χ0v) is 13.6. The van der Waals surface area contributed by atoms with Gasteiger partial charge in [0.05, 0.1) is 11.3 Å². The van der Waals surface area contributed by atoms with E-state index in [9.17, 15) is 0 Å². The molecule has 0 saturated carbocycles. The van der Waals surface area contributed by atoms with E-state index < -0.39 is 0 Å². The second-order valence-corrected chi connectivity index (χ2v) is 5.62. The molecule has 0 aliphatic carbocycles. The Labute approximate surface area is 142 Å². The Morgan fingerprint density at radius 1 is 0.913 bits per heavy atom. The molecule has 1 heterocycles. The van der Waals surface area contributed by atoms with Gasteiger partial charge in [-0.25, -0.2) is 9.97 Å². The van der Waals surface area contributed by atoms with E-state index in [2.05, 4.69) is 42.6 Å². The Bertz CT molecular complexity index is 855. The van der Waals surface area contributed by atoms with Crippen LogP contribution in [-0.2, 0) is 0 Å². The summed E-state index contributed by atoms with van der Waals surface area (Å²) in [5, 5.41) is 15.5. The largest absolute Gasteiger partial charge is 0.340 e. The number of nitrogens with zero attached hydrogens (tertiary/aromatic N) is 3. The quantitative estimate of drug-likeness (QED) is 0.706. The van der Waals surface area contributed by atoms with E-state index >= 15 is 0 Å². The van der Waals surface area contributed by atoms with Crippen LogP contribution in [-0.4, -0.2) is 9.97 Å². The van der Waals surface area contributed by atoms with Crippen molar-refractivity contribution in [3.8, 4) is 6.07 Å². The summed E-state index contributed by atoms with van der Waals surface area (Å²) in [4.78, 5) is 8.39. The van der Waals surface area contributed by atoms with Gasteiger partial charge < -0.3 is 10.6 Å². The van der Waals surface area contributed by atoms with Gasteiger partial charge in [0, 0.05) is 16.2 Å². The minimum absolute atomic E-state index is 0.563. The number of rotatable bonds is 4. The minimum Gasteiger partial charge on any atom is -0.340 e. The van der Waals surface area contributed by atoms with Crippen molar-refractivity contribution in [1.29, 1.82) is 5.26 Å². The Balaban J connectivity index is 1.80. The monoisotopic (exact) mass is 365 g/mol. The van der Waals surface area contributed by atoms with Gasteiger partial charge in [-0.05, 0) is 36.4 Å². The fraction of sp³-hybridized carbons (Fsp3) is 0. The molecule has 2 N–H and O–H groups in total. The molecular weight excluding hydrogens is 354 g/mol. The van der Waals surface area contributed by atoms with Crippen LogP contribution in [0.4, 0.5) is 23.0 Å². The first-order chi connectivity index (χ1) is 11.2. The maximum Gasteiger partial charge on any atom is 0.135 e. The highest BCUT2D eigenvalue weighted by Crippen LogP contribution is 2.22. The maximum atomic E-state index is 9.13. The normalized spacial score (nSPS) is 9.91. The molecule has 0 aliphatic rings. The summed E-state index contributed by atoms with van der Waals surface area (Å²) in [6.07, 6.45) is 1.47. The topological polar surface area (TPSA) is 73.6 Å². The van der Waals surface area contributed by atoms with Gasteiger partial charge in [0.25, 0.3) is 0 Å². The minimum atomic E-state index is 0.563. The Kier molecular flexibility index (Phi) is 4.50. The molecule has 6 heteroatoms. The number of hydrogen-bond donors (Lipinski definition) is 2. The van der Waals surface area contributed by atoms with E-state index in [0.29, 0.717) is 22.9 Å². The van der Waals surface area contributed by atoms with Crippen molar-refractivity contribution in [3.05, 3.63) is 71.0 Å². The first kappa shape index (κ1) is 15.0. The zero-order chi connectivity index (χ0) is 16.1. The molecule has 23 heavy (non-hydrogen) atoms. The molecule has 112 valence electrons. The fourth-order valence-electron chi connectivity index (χ4n) is 2.00. The van der Waals surface area contributed by atoms with E-state index in [1.165, 1.54) is 6.33 Å². The van der Waals surface area contributed by atoms with Crippen LogP contribution in [0.1, 0.15) is 5.56 Å². The van der Waals surface area contributed by atoms with Gasteiger partial charge in [0.2, 0.25) is 0 Å². The van der Waals surface area contributed by atoms with Crippen LogP contribution in [0.5, 0.6) is 0 Å². The lowest BCUT2D eigenvalue weighted by atomic mass is 10.2. The molecule has 3 aromatic rings. The molecule has 0 amide bonds. The highest BCUT2D eigenvalue weighted by molar-refractivity contribution is 9.10. The second-order valence-electron chi connectivity index (χ2n) is 4.70. The number of para-hydroxylation sites is 1. The van der Waals surface area contributed by atoms with E-state index in [1.54, 1.807) is 12.1 Å². The van der Waals surface area contributed by atoms with E-state index in [1.807, 2.05) is 42.5 Å². The van der Waals surface area contributed by atoms with E-state index in [-0.39, 0.29) is 0 Å². The van der Waals surface area contributed by atoms with E-state index in [4.69, 9.17) is 5.26 Å². The molecule has 0 atom stereocenters. The standard InChI is InChI=1S/C17H12BrN5/c18-13-5-7-14(8-6-13)22-16-9-17(21-11-20-16)23-15-4-2-1-3-12(15)10-19/h1-9,11H,(H2,20,21,22,23). The third kappa shape index (κ3) is 3.84. The molecular formula is C17H12BrN5. The van der Waals surface area contributed by atoms with Gasteiger partial charge in [-0.1, -0.05) is 28.1 Å². The molecule has 5 nitrogen and oxygen atoms in total. The second kappa shape index (κ2) is 6.90. The predicted molar refractivity (Wildman–Crippen MR) is 93.9 cm³/mol. The number of halogens is 1. The lowest BCUT2D eigenvalue weighted by molar-refractivity contribution is 1.17. The van der Waals surface area contributed by atoms with Crippen molar-refractivity contribution in [1.82, 2.24) is 9.97 Å². The average molecular weight is 366 g/mol. The lowest BCUT2D eigenvalue weighted by Gasteiger charge is -2.09. The summed E-state index contributed by atoms with van der Waals surface area (Å²) in [5.74, 6) is 1.28. The summed E-state index contributed by atoms with van der Waals surface area (Å²) in [6, 6.07) is 19.0. The number of hydrogen-bond acceptors (Lipinski definition) is 5. The van der Waals surface area contributed by atoms with Gasteiger partial charge in [0.15, 0.2) is 0 Å². The number of benzene rings is 2. The molecule has 0 bridgehead atoms. The highest BCUT2D eigenvalue weighted by Gasteiger charge is 2.04. The van der Waals surface area contributed by atoms with Crippen LogP contribution in [0, 0.1) is 11.3 Å². The number of nitrogens with one attached hydrogen (secondary N) is 2. The van der Waals surface area contributed by atoms with Crippen LogP contribution >= 0.6 is 15.9 Å². The van der Waals surface area contributed by atoms with Crippen molar-refractivity contribution in [2.24, 2.45) is 0 Å². The number of aromatic nitrogens is 2. The van der Waals surface area contributed by atoms with Crippen LogP contribution in [0.15, 0.2) is 65.4 Å². The van der Waals surface area contributed by atoms with Crippen LogP contribution in [0.2, 0.25) is 0 Å². The Morgan fingerprint density at radius 2 is 1.61 bits per heavy atom. The van der Waals surface area contributed by atoms with Crippen LogP contribution in [0.3, 0.4) is 0 Å². The molecule has 0 aliphatic heterocycles. The summed E-state index contributed by atoms with van der Waals surface area (Å²) in [5.41, 5.74) is 2.20. The SMILES string of the molecule is N#Cc1ccccc1Nc1cc(Nc2ccc(Br)cc2)ncn1. The van der Waals surface area contributed by atoms with Crippen molar-refractivity contribution in [3.63, 3.8) is 0 Å². The third-order valence-electron chi connectivity index (χ3n) is 3.09. The third-order valence-corrected chi connectivity index (χ3v) is 3.62. The number of anilines is 4. The molecule has 0 unspecified atom stereocenters. The average Bonchev–Trinajstić information content (AvgIpc) is 2.58. The smallest absolute Gasteiger partial charge is 0.135 e. The molecule has 2 aromatic carbocycles. The molecule has 0 radical (unpaired) electrons. The van der Waals surface area contributed by atoms with Gasteiger partial charge in [-0.15, -0.1) is 0 Å². The van der Waals surface area contributed by atoms with Gasteiger partial charge in [-0.2, -0.15) is 5.26 Å². The molecule has 0 saturated heterocycles. The summed E-state index contributed by atoms with van der Waals surface area (Å²) < 4.78 is 1.02. The van der Waals surface area contributed by atoms with E-state index in [0.717, 1.165) is 10.2 Å². The van der Waals surface area contributed by atoms with Crippen molar-refractivity contribution < 1.29 is 0 Å². The van der Waals surface area contributed by atoms with Crippen LogP contribution < -0.4 is 10.6 Å². The van der Waals surface area contributed by atoms with Gasteiger partial charge in [0.1, 0.15) is 24.0 Å². The summed E-state index contributed by atoms with van der Waals surface area (Å²) >= 11 is 3.40. The van der Waals surface area contributed by atoms with Crippen molar-refractivity contribution in [2.45, 2.75) is 0 Å². The van der Waals surface area contributed by atoms with Gasteiger partial charge in [-0.3, -0.25) is 0 Å². The molecule has 3 rings (SSSR count). The summed E-state index contributed by atoms with van der Waals surface area (Å²) in [6.45, 7) is 0.